The second kappa shape index (κ2) is 5.61. The van der Waals surface area contributed by atoms with Gasteiger partial charge in [-0.15, -0.1) is 0 Å². The Labute approximate surface area is 119 Å². The van der Waals surface area contributed by atoms with Crippen LogP contribution in [0.1, 0.15) is 32.2 Å². The van der Waals surface area contributed by atoms with Crippen molar-refractivity contribution >= 4 is 11.8 Å². The standard InChI is InChI=1S/C15H21N3O2/c1-9(2)13-14(19)17-11(4)15(20)18(13)8-12-7-5-6-10(3)16-12/h5-7,9,11,13H,8H2,1-4H3,(H,17,19). The number of aryl methyl sites for hydroxylation is 1. The number of rotatable bonds is 3. The zero-order valence-corrected chi connectivity index (χ0v) is 12.4. The molecule has 0 bridgehead atoms. The van der Waals surface area contributed by atoms with Crippen LogP contribution in [-0.2, 0) is 16.1 Å². The number of carbonyl (C=O) groups is 2. The molecule has 2 rings (SSSR count). The maximum atomic E-state index is 12.4. The number of hydrogen-bond donors (Lipinski definition) is 1. The third-order valence-corrected chi connectivity index (χ3v) is 3.53. The molecule has 1 saturated heterocycles. The van der Waals surface area contributed by atoms with Gasteiger partial charge in [-0.3, -0.25) is 14.6 Å². The van der Waals surface area contributed by atoms with E-state index in [4.69, 9.17) is 0 Å². The van der Waals surface area contributed by atoms with Gasteiger partial charge in [0, 0.05) is 5.69 Å². The smallest absolute Gasteiger partial charge is 0.245 e. The molecule has 2 unspecified atom stereocenters. The molecule has 0 spiro atoms. The van der Waals surface area contributed by atoms with Crippen molar-refractivity contribution in [2.75, 3.05) is 0 Å². The summed E-state index contributed by atoms with van der Waals surface area (Å²) in [4.78, 5) is 30.6. The molecule has 5 nitrogen and oxygen atoms in total. The van der Waals surface area contributed by atoms with Gasteiger partial charge in [0.1, 0.15) is 12.1 Å². The first-order chi connectivity index (χ1) is 9.40. The zero-order valence-electron chi connectivity index (χ0n) is 12.4. The molecule has 2 atom stereocenters. The largest absolute Gasteiger partial charge is 0.343 e. The normalized spacial score (nSPS) is 23.1. The Hall–Kier alpha value is -1.91. The van der Waals surface area contributed by atoms with Gasteiger partial charge in [0.2, 0.25) is 11.8 Å². The Morgan fingerprint density at radius 3 is 2.65 bits per heavy atom. The third-order valence-electron chi connectivity index (χ3n) is 3.53. The average molecular weight is 275 g/mol. The number of pyridine rings is 1. The molecule has 1 aromatic rings. The van der Waals surface area contributed by atoms with Crippen molar-refractivity contribution in [1.29, 1.82) is 0 Å². The number of nitrogens with zero attached hydrogens (tertiary/aromatic N) is 2. The molecule has 1 aliphatic rings. The van der Waals surface area contributed by atoms with Gasteiger partial charge in [0.15, 0.2) is 0 Å². The summed E-state index contributed by atoms with van der Waals surface area (Å²) in [5.41, 5.74) is 1.72. The lowest BCUT2D eigenvalue weighted by Gasteiger charge is -2.39. The number of amides is 2. The summed E-state index contributed by atoms with van der Waals surface area (Å²) in [7, 11) is 0. The van der Waals surface area contributed by atoms with Crippen molar-refractivity contribution < 1.29 is 9.59 Å². The molecule has 2 amide bonds. The van der Waals surface area contributed by atoms with Gasteiger partial charge < -0.3 is 10.2 Å². The summed E-state index contributed by atoms with van der Waals surface area (Å²) < 4.78 is 0. The topological polar surface area (TPSA) is 62.3 Å². The quantitative estimate of drug-likeness (QED) is 0.903. The van der Waals surface area contributed by atoms with Crippen molar-refractivity contribution in [3.63, 3.8) is 0 Å². The first-order valence-electron chi connectivity index (χ1n) is 6.93. The number of nitrogens with one attached hydrogen (secondary N) is 1. The van der Waals surface area contributed by atoms with Crippen LogP contribution in [0.15, 0.2) is 18.2 Å². The second-order valence-corrected chi connectivity index (χ2v) is 5.66. The summed E-state index contributed by atoms with van der Waals surface area (Å²) >= 11 is 0. The number of carbonyl (C=O) groups excluding carboxylic acids is 2. The summed E-state index contributed by atoms with van der Waals surface area (Å²) in [6.07, 6.45) is 0. The molecule has 1 fully saturated rings. The molecular weight excluding hydrogens is 254 g/mol. The molecule has 0 radical (unpaired) electrons. The van der Waals surface area contributed by atoms with E-state index in [9.17, 15) is 9.59 Å². The predicted octanol–water partition coefficient (Wildman–Crippen LogP) is 1.26. The van der Waals surface area contributed by atoms with Gasteiger partial charge in [-0.25, -0.2) is 0 Å². The first kappa shape index (κ1) is 14.5. The highest BCUT2D eigenvalue weighted by molar-refractivity contribution is 5.96. The fourth-order valence-corrected chi connectivity index (χ4v) is 2.59. The van der Waals surface area contributed by atoms with Gasteiger partial charge in [0.25, 0.3) is 0 Å². The van der Waals surface area contributed by atoms with Crippen LogP contribution in [0.2, 0.25) is 0 Å². The maximum absolute atomic E-state index is 12.4. The molecule has 0 saturated carbocycles. The van der Waals surface area contributed by atoms with E-state index in [1.807, 2.05) is 39.0 Å². The Morgan fingerprint density at radius 2 is 2.05 bits per heavy atom. The van der Waals surface area contributed by atoms with Crippen LogP contribution in [0.4, 0.5) is 0 Å². The number of hydrogen-bond acceptors (Lipinski definition) is 3. The van der Waals surface area contributed by atoms with Gasteiger partial charge in [0.05, 0.1) is 12.2 Å². The molecule has 2 heterocycles. The summed E-state index contributed by atoms with van der Waals surface area (Å²) in [6.45, 7) is 7.90. The van der Waals surface area contributed by atoms with Crippen LogP contribution in [0.5, 0.6) is 0 Å². The molecule has 1 N–H and O–H groups in total. The van der Waals surface area contributed by atoms with Crippen LogP contribution >= 0.6 is 0 Å². The van der Waals surface area contributed by atoms with Crippen LogP contribution in [0.3, 0.4) is 0 Å². The summed E-state index contributed by atoms with van der Waals surface area (Å²) in [5, 5.41) is 2.74. The minimum Gasteiger partial charge on any atom is -0.343 e. The van der Waals surface area contributed by atoms with Crippen molar-refractivity contribution in [2.24, 2.45) is 5.92 Å². The molecule has 108 valence electrons. The third kappa shape index (κ3) is 2.81. The van der Waals surface area contributed by atoms with Crippen molar-refractivity contribution in [3.05, 3.63) is 29.6 Å². The summed E-state index contributed by atoms with van der Waals surface area (Å²) in [5.74, 6) is -0.0670. The van der Waals surface area contributed by atoms with E-state index in [1.54, 1.807) is 11.8 Å². The second-order valence-electron chi connectivity index (χ2n) is 5.66. The van der Waals surface area contributed by atoms with E-state index in [1.165, 1.54) is 0 Å². The van der Waals surface area contributed by atoms with E-state index >= 15 is 0 Å². The summed E-state index contributed by atoms with van der Waals surface area (Å²) in [6, 6.07) is 4.81. The van der Waals surface area contributed by atoms with Crippen LogP contribution in [-0.4, -0.2) is 33.8 Å². The van der Waals surface area contributed by atoms with Gasteiger partial charge in [-0.05, 0) is 31.9 Å². The number of aromatic nitrogens is 1. The molecule has 0 aromatic carbocycles. The lowest BCUT2D eigenvalue weighted by atomic mass is 9.97. The first-order valence-corrected chi connectivity index (χ1v) is 6.93. The molecule has 0 aliphatic carbocycles. The highest BCUT2D eigenvalue weighted by Crippen LogP contribution is 2.19. The SMILES string of the molecule is Cc1cccc(CN2C(=O)C(C)NC(=O)C2C(C)C)n1. The maximum Gasteiger partial charge on any atom is 0.245 e. The van der Waals surface area contributed by atoms with E-state index in [0.29, 0.717) is 6.54 Å². The lowest BCUT2D eigenvalue weighted by Crippen LogP contribution is -2.63. The average Bonchev–Trinajstić information content (AvgIpc) is 2.35. The van der Waals surface area contributed by atoms with Crippen LogP contribution < -0.4 is 5.32 Å². The molecule has 5 heteroatoms. The van der Waals surface area contributed by atoms with Gasteiger partial charge >= 0.3 is 0 Å². The van der Waals surface area contributed by atoms with Crippen molar-refractivity contribution in [1.82, 2.24) is 15.2 Å². The highest BCUT2D eigenvalue weighted by Gasteiger charge is 2.40. The van der Waals surface area contributed by atoms with Crippen LogP contribution in [0, 0.1) is 12.8 Å². The van der Waals surface area contributed by atoms with E-state index in [0.717, 1.165) is 11.4 Å². The lowest BCUT2D eigenvalue weighted by molar-refractivity contribution is -0.151. The van der Waals surface area contributed by atoms with Crippen molar-refractivity contribution in [3.8, 4) is 0 Å². The molecule has 20 heavy (non-hydrogen) atoms. The Balaban J connectivity index is 2.28. The van der Waals surface area contributed by atoms with E-state index in [2.05, 4.69) is 10.3 Å². The van der Waals surface area contributed by atoms with E-state index < -0.39 is 12.1 Å². The molecular formula is C15H21N3O2. The minimum atomic E-state index is -0.470. The monoisotopic (exact) mass is 275 g/mol. The fourth-order valence-electron chi connectivity index (χ4n) is 2.59. The van der Waals surface area contributed by atoms with Crippen LogP contribution in [0.25, 0.3) is 0 Å². The molecule has 1 aromatic heterocycles. The zero-order chi connectivity index (χ0) is 14.9. The fraction of sp³-hybridized carbons (Fsp3) is 0.533. The Bertz CT molecular complexity index is 528. The van der Waals surface area contributed by atoms with Crippen molar-refractivity contribution in [2.45, 2.75) is 46.3 Å². The minimum absolute atomic E-state index is 0.0494. The molecule has 1 aliphatic heterocycles. The van der Waals surface area contributed by atoms with Gasteiger partial charge in [-0.2, -0.15) is 0 Å². The van der Waals surface area contributed by atoms with Gasteiger partial charge in [-0.1, -0.05) is 19.9 Å². The Kier molecular flexibility index (Phi) is 4.06. The Morgan fingerprint density at radius 1 is 1.35 bits per heavy atom. The number of piperazine rings is 1. The van der Waals surface area contributed by atoms with E-state index in [-0.39, 0.29) is 17.7 Å². The predicted molar refractivity (Wildman–Crippen MR) is 75.8 cm³/mol. The highest BCUT2D eigenvalue weighted by atomic mass is 16.2.